The van der Waals surface area contributed by atoms with Crippen molar-refractivity contribution in [2.75, 3.05) is 6.54 Å². The summed E-state index contributed by atoms with van der Waals surface area (Å²) in [6, 6.07) is 9.26. The highest BCUT2D eigenvalue weighted by molar-refractivity contribution is 5.22. The third-order valence-electron chi connectivity index (χ3n) is 7.14. The molecule has 1 aliphatic carbocycles. The van der Waals surface area contributed by atoms with E-state index in [1.54, 1.807) is 0 Å². The Morgan fingerprint density at radius 2 is 1.49 bits per heavy atom. The summed E-state index contributed by atoms with van der Waals surface area (Å²) >= 11 is 0. The fourth-order valence-corrected chi connectivity index (χ4v) is 3.89. The molecule has 37 heavy (non-hydrogen) atoms. The summed E-state index contributed by atoms with van der Waals surface area (Å²) < 4.78 is 0. The second kappa shape index (κ2) is 27.7. The Hall–Kier alpha value is -1.28. The van der Waals surface area contributed by atoms with E-state index in [4.69, 9.17) is 5.73 Å². The molecule has 2 heteroatoms. The summed E-state index contributed by atoms with van der Waals surface area (Å²) in [6.45, 7) is 22.9. The minimum Gasteiger partial charge on any atom is -0.386 e. The van der Waals surface area contributed by atoms with Gasteiger partial charge in [0, 0.05) is 11.7 Å². The fraction of sp³-hybridized carbons (Fsp3) is 0.771. The van der Waals surface area contributed by atoms with Crippen molar-refractivity contribution in [1.29, 1.82) is 0 Å². The third kappa shape index (κ3) is 27.6. The van der Waals surface area contributed by atoms with Gasteiger partial charge >= 0.3 is 0 Å². The van der Waals surface area contributed by atoms with Crippen molar-refractivity contribution in [2.24, 2.45) is 17.6 Å². The Labute approximate surface area is 234 Å². The molecule has 0 aliphatic heterocycles. The summed E-state index contributed by atoms with van der Waals surface area (Å²) in [5.41, 5.74) is 9.05. The van der Waals surface area contributed by atoms with Crippen molar-refractivity contribution in [3.05, 3.63) is 47.7 Å². The number of nitrogens with one attached hydrogen (secondary N) is 1. The first kappa shape index (κ1) is 37.9. The van der Waals surface area contributed by atoms with Crippen LogP contribution >= 0.6 is 0 Å². The normalized spacial score (nSPS) is 13.9. The van der Waals surface area contributed by atoms with Crippen LogP contribution in [0.15, 0.2) is 36.5 Å². The van der Waals surface area contributed by atoms with E-state index in [-0.39, 0.29) is 0 Å². The summed E-state index contributed by atoms with van der Waals surface area (Å²) in [5, 5.41) is 3.53. The van der Waals surface area contributed by atoms with Gasteiger partial charge in [-0.15, -0.1) is 0 Å². The molecule has 218 valence electrons. The van der Waals surface area contributed by atoms with E-state index in [0.29, 0.717) is 6.04 Å². The summed E-state index contributed by atoms with van der Waals surface area (Å²) in [4.78, 5) is 0. The van der Waals surface area contributed by atoms with Crippen molar-refractivity contribution < 1.29 is 0 Å². The average Bonchev–Trinajstić information content (AvgIpc) is 2.87. The van der Waals surface area contributed by atoms with Crippen LogP contribution in [-0.2, 0) is 6.42 Å². The molecule has 2 atom stereocenters. The molecule has 0 spiro atoms. The molecule has 1 aromatic rings. The molecule has 0 bridgehead atoms. The number of allylic oxidation sites excluding steroid dienone is 1. The van der Waals surface area contributed by atoms with E-state index >= 15 is 0 Å². The van der Waals surface area contributed by atoms with Crippen LogP contribution < -0.4 is 11.1 Å². The molecule has 2 unspecified atom stereocenters. The van der Waals surface area contributed by atoms with Crippen LogP contribution in [0.5, 0.6) is 0 Å². The van der Waals surface area contributed by atoms with Gasteiger partial charge in [-0.2, -0.15) is 0 Å². The molecule has 0 amide bonds. The Kier molecular flexibility index (Phi) is 28.4. The van der Waals surface area contributed by atoms with Gasteiger partial charge in [0.1, 0.15) is 0 Å². The predicted molar refractivity (Wildman–Crippen MR) is 171 cm³/mol. The fourth-order valence-electron chi connectivity index (χ4n) is 3.89. The number of nitrogens with two attached hydrogens (primary N) is 1. The van der Waals surface area contributed by atoms with E-state index in [1.807, 2.05) is 0 Å². The zero-order valence-electron chi connectivity index (χ0n) is 26.6. The largest absolute Gasteiger partial charge is 0.386 e. The topological polar surface area (TPSA) is 38.0 Å². The Morgan fingerprint density at radius 3 is 1.89 bits per heavy atom. The maximum Gasteiger partial charge on any atom is 0.0270 e. The lowest BCUT2D eigenvalue weighted by Gasteiger charge is -2.18. The number of hydrogen-bond donors (Lipinski definition) is 2. The molecule has 0 aromatic heterocycles. The van der Waals surface area contributed by atoms with Gasteiger partial charge in [-0.3, -0.25) is 0 Å². The van der Waals surface area contributed by atoms with E-state index in [2.05, 4.69) is 91.6 Å². The highest BCUT2D eigenvalue weighted by Gasteiger charge is 2.09. The molecule has 0 saturated heterocycles. The third-order valence-corrected chi connectivity index (χ3v) is 7.14. The molecule has 2 rings (SSSR count). The first-order valence-electron chi connectivity index (χ1n) is 15.9. The van der Waals surface area contributed by atoms with Gasteiger partial charge in [-0.1, -0.05) is 149 Å². The van der Waals surface area contributed by atoms with Crippen LogP contribution in [0.1, 0.15) is 149 Å². The van der Waals surface area contributed by atoms with Crippen LogP contribution in [0.2, 0.25) is 0 Å². The van der Waals surface area contributed by atoms with Crippen molar-refractivity contribution in [1.82, 2.24) is 5.32 Å². The zero-order chi connectivity index (χ0) is 28.3. The molecule has 2 nitrogen and oxygen atoms in total. The molecule has 0 radical (unpaired) electrons. The highest BCUT2D eigenvalue weighted by Crippen LogP contribution is 2.24. The van der Waals surface area contributed by atoms with E-state index in [1.165, 1.54) is 100 Å². The molecule has 0 heterocycles. The zero-order valence-corrected chi connectivity index (χ0v) is 26.6. The number of hydrogen-bond acceptors (Lipinski definition) is 2. The molecule has 3 N–H and O–H groups in total. The van der Waals surface area contributed by atoms with Gasteiger partial charge in [-0.25, -0.2) is 0 Å². The maximum atomic E-state index is 5.14. The summed E-state index contributed by atoms with van der Waals surface area (Å²) in [5.74, 6) is 2.02. The number of rotatable bonds is 15. The molecule has 1 saturated carbocycles. The van der Waals surface area contributed by atoms with E-state index < -0.39 is 0 Å². The standard InChI is InChI=1S/C18H29N.C8H18.C5H10.C4H11N/c1-5-6-7-8-9-16(3)19-17(4)14-18-12-10-15(2)11-13-18;1-4-6-7-8(3)5-2;1-5-3-2-4-5;1-2-3-4-5/h10-13,17,19H,3,5-9,14H2,1-2,4H3;8H,4-7H2,1-3H3;5H,2-4H2,1H3;2-5H2,1H3. The monoisotopic (exact) mass is 517 g/mol. The molecule has 1 aromatic carbocycles. The molecular formula is C35H68N2. The summed E-state index contributed by atoms with van der Waals surface area (Å²) in [6.07, 6.45) is 19.8. The Morgan fingerprint density at radius 1 is 0.919 bits per heavy atom. The maximum absolute atomic E-state index is 5.14. The van der Waals surface area contributed by atoms with Gasteiger partial charge < -0.3 is 11.1 Å². The van der Waals surface area contributed by atoms with Crippen molar-refractivity contribution >= 4 is 0 Å². The molecule has 1 fully saturated rings. The highest BCUT2D eigenvalue weighted by atomic mass is 14.9. The SMILES string of the molecule is C=C(CCCCCC)NC(C)Cc1ccc(C)cc1.CC1CCC1.CCCCC(C)CC.CCCCN. The number of benzene rings is 1. The predicted octanol–water partition coefficient (Wildman–Crippen LogP) is 10.8. The molecule has 1 aliphatic rings. The first-order chi connectivity index (χ1) is 17.7. The van der Waals surface area contributed by atoms with Crippen molar-refractivity contribution in [3.63, 3.8) is 0 Å². The Balaban J connectivity index is 0. The minimum atomic E-state index is 0.460. The average molecular weight is 517 g/mol. The van der Waals surface area contributed by atoms with Crippen LogP contribution in [-0.4, -0.2) is 12.6 Å². The van der Waals surface area contributed by atoms with Gasteiger partial charge in [0.15, 0.2) is 0 Å². The second-order valence-electron chi connectivity index (χ2n) is 11.5. The lowest BCUT2D eigenvalue weighted by Crippen LogP contribution is -2.27. The van der Waals surface area contributed by atoms with E-state index in [9.17, 15) is 0 Å². The van der Waals surface area contributed by atoms with Gasteiger partial charge in [-0.05, 0) is 63.5 Å². The second-order valence-corrected chi connectivity index (χ2v) is 11.5. The lowest BCUT2D eigenvalue weighted by molar-refractivity contribution is 0.346. The first-order valence-corrected chi connectivity index (χ1v) is 15.9. The molecular weight excluding hydrogens is 448 g/mol. The van der Waals surface area contributed by atoms with Crippen LogP contribution in [0.25, 0.3) is 0 Å². The van der Waals surface area contributed by atoms with Crippen LogP contribution in [0, 0.1) is 18.8 Å². The number of unbranched alkanes of at least 4 members (excludes halogenated alkanes) is 5. The van der Waals surface area contributed by atoms with Crippen molar-refractivity contribution in [3.8, 4) is 0 Å². The lowest BCUT2D eigenvalue weighted by atomic mass is 9.88. The van der Waals surface area contributed by atoms with Crippen LogP contribution in [0.3, 0.4) is 0 Å². The van der Waals surface area contributed by atoms with E-state index in [0.717, 1.165) is 31.2 Å². The van der Waals surface area contributed by atoms with Gasteiger partial charge in [0.25, 0.3) is 0 Å². The van der Waals surface area contributed by atoms with Crippen LogP contribution in [0.4, 0.5) is 0 Å². The van der Waals surface area contributed by atoms with Gasteiger partial charge in [0.2, 0.25) is 0 Å². The minimum absolute atomic E-state index is 0.460. The Bertz CT molecular complexity index is 586. The number of aryl methyl sites for hydroxylation is 1. The summed E-state index contributed by atoms with van der Waals surface area (Å²) in [7, 11) is 0. The quantitative estimate of drug-likeness (QED) is 0.227. The smallest absolute Gasteiger partial charge is 0.0270 e. The van der Waals surface area contributed by atoms with Gasteiger partial charge in [0.05, 0.1) is 0 Å². The van der Waals surface area contributed by atoms with Crippen molar-refractivity contribution in [2.45, 2.75) is 158 Å².